The zero-order valence-corrected chi connectivity index (χ0v) is 10.6. The Kier molecular flexibility index (Phi) is 4.36. The highest BCUT2D eigenvalue weighted by Crippen LogP contribution is 2.29. The van der Waals surface area contributed by atoms with Crippen LogP contribution in [-0.4, -0.2) is 62.4 Å². The lowest BCUT2D eigenvalue weighted by Crippen LogP contribution is -2.62. The minimum absolute atomic E-state index is 0.0967. The molecule has 1 heterocycles. The van der Waals surface area contributed by atoms with Gasteiger partial charge >= 0.3 is 5.97 Å². The van der Waals surface area contributed by atoms with Crippen molar-refractivity contribution in [1.82, 2.24) is 10.2 Å². The quantitative estimate of drug-likeness (QED) is 0.703. The third kappa shape index (κ3) is 2.78. The molecular weight excluding hydrogens is 220 g/mol. The van der Waals surface area contributed by atoms with E-state index in [2.05, 4.69) is 10.2 Å². The highest BCUT2D eigenvalue weighted by atomic mass is 16.5. The summed E-state index contributed by atoms with van der Waals surface area (Å²) >= 11 is 0. The first-order chi connectivity index (χ1) is 8.26. The fourth-order valence-corrected chi connectivity index (χ4v) is 2.62. The molecule has 1 saturated carbocycles. The van der Waals surface area contributed by atoms with Gasteiger partial charge in [0.15, 0.2) is 0 Å². The summed E-state index contributed by atoms with van der Waals surface area (Å²) in [6, 6.07) is 0.364. The third-order valence-corrected chi connectivity index (χ3v) is 3.72. The highest BCUT2D eigenvalue weighted by molar-refractivity contribution is 5.76. The molecule has 5 nitrogen and oxygen atoms in total. The Balaban J connectivity index is 1.91. The first kappa shape index (κ1) is 12.8. The SMILES string of the molecule is CCOC(=O)C1CNCCN1C1CC(OC)C1. The van der Waals surface area contributed by atoms with Crippen LogP contribution in [0.4, 0.5) is 0 Å². The molecule has 0 bridgehead atoms. The molecule has 0 amide bonds. The molecule has 98 valence electrons. The van der Waals surface area contributed by atoms with Gasteiger partial charge in [-0.2, -0.15) is 0 Å². The van der Waals surface area contributed by atoms with Crippen molar-refractivity contribution in [2.75, 3.05) is 33.4 Å². The summed E-state index contributed by atoms with van der Waals surface area (Å²) in [5.74, 6) is -0.0967. The zero-order chi connectivity index (χ0) is 12.3. The molecule has 1 unspecified atom stereocenters. The molecule has 0 radical (unpaired) electrons. The van der Waals surface area contributed by atoms with Gasteiger partial charge in [-0.1, -0.05) is 0 Å². The molecule has 0 spiro atoms. The van der Waals surface area contributed by atoms with Crippen LogP contribution in [0.25, 0.3) is 0 Å². The Labute approximate surface area is 102 Å². The maximum atomic E-state index is 11.9. The number of piperazine rings is 1. The maximum Gasteiger partial charge on any atom is 0.324 e. The number of methoxy groups -OCH3 is 1. The van der Waals surface area contributed by atoms with Crippen LogP contribution in [0.2, 0.25) is 0 Å². The summed E-state index contributed by atoms with van der Waals surface area (Å²) in [5, 5.41) is 3.26. The molecule has 1 saturated heterocycles. The van der Waals surface area contributed by atoms with E-state index in [1.807, 2.05) is 6.92 Å². The number of ether oxygens (including phenoxy) is 2. The molecule has 0 aromatic heterocycles. The van der Waals surface area contributed by atoms with Gasteiger partial charge in [-0.3, -0.25) is 9.69 Å². The van der Waals surface area contributed by atoms with E-state index in [0.29, 0.717) is 25.3 Å². The van der Waals surface area contributed by atoms with Crippen molar-refractivity contribution in [3.63, 3.8) is 0 Å². The van der Waals surface area contributed by atoms with Crippen molar-refractivity contribution >= 4 is 5.97 Å². The number of carbonyl (C=O) groups is 1. The van der Waals surface area contributed by atoms with Crippen LogP contribution in [0.15, 0.2) is 0 Å². The van der Waals surface area contributed by atoms with Crippen molar-refractivity contribution in [2.24, 2.45) is 0 Å². The van der Waals surface area contributed by atoms with Crippen LogP contribution in [0.3, 0.4) is 0 Å². The van der Waals surface area contributed by atoms with Crippen molar-refractivity contribution in [1.29, 1.82) is 0 Å². The molecule has 2 rings (SSSR count). The van der Waals surface area contributed by atoms with Gasteiger partial charge < -0.3 is 14.8 Å². The number of hydrogen-bond acceptors (Lipinski definition) is 5. The predicted octanol–water partition coefficient (Wildman–Crippen LogP) is 0.000700. The fourth-order valence-electron chi connectivity index (χ4n) is 2.62. The van der Waals surface area contributed by atoms with Gasteiger partial charge in [0.1, 0.15) is 6.04 Å². The lowest BCUT2D eigenvalue weighted by molar-refractivity contribution is -0.154. The number of nitrogens with zero attached hydrogens (tertiary/aromatic N) is 1. The normalized spacial score (nSPS) is 34.1. The van der Waals surface area contributed by atoms with E-state index >= 15 is 0 Å². The average molecular weight is 242 g/mol. The topological polar surface area (TPSA) is 50.8 Å². The summed E-state index contributed by atoms with van der Waals surface area (Å²) in [5.41, 5.74) is 0. The summed E-state index contributed by atoms with van der Waals surface area (Å²) in [6.45, 7) is 4.87. The van der Waals surface area contributed by atoms with Crippen LogP contribution in [0.5, 0.6) is 0 Å². The average Bonchev–Trinajstić information content (AvgIpc) is 2.28. The van der Waals surface area contributed by atoms with Gasteiger partial charge in [-0.05, 0) is 19.8 Å². The largest absolute Gasteiger partial charge is 0.465 e. The van der Waals surface area contributed by atoms with E-state index in [1.54, 1.807) is 7.11 Å². The molecule has 0 aromatic rings. The number of rotatable bonds is 4. The second-order valence-corrected chi connectivity index (χ2v) is 4.69. The minimum Gasteiger partial charge on any atom is -0.465 e. The molecule has 1 aliphatic heterocycles. The fraction of sp³-hybridized carbons (Fsp3) is 0.917. The third-order valence-electron chi connectivity index (χ3n) is 3.72. The van der Waals surface area contributed by atoms with Crippen LogP contribution in [0.1, 0.15) is 19.8 Å². The van der Waals surface area contributed by atoms with Gasteiger partial charge in [0.05, 0.1) is 12.7 Å². The van der Waals surface area contributed by atoms with Crippen molar-refractivity contribution in [3.8, 4) is 0 Å². The van der Waals surface area contributed by atoms with Crippen LogP contribution < -0.4 is 5.32 Å². The summed E-state index contributed by atoms with van der Waals surface area (Å²) in [4.78, 5) is 14.2. The lowest BCUT2D eigenvalue weighted by atomic mass is 9.86. The molecule has 2 aliphatic rings. The first-order valence-corrected chi connectivity index (χ1v) is 6.42. The van der Waals surface area contributed by atoms with E-state index in [9.17, 15) is 4.79 Å². The molecule has 5 heteroatoms. The second-order valence-electron chi connectivity index (χ2n) is 4.69. The Bertz CT molecular complexity index is 266. The maximum absolute atomic E-state index is 11.9. The molecule has 2 fully saturated rings. The molecule has 17 heavy (non-hydrogen) atoms. The van der Waals surface area contributed by atoms with E-state index < -0.39 is 0 Å². The Morgan fingerprint density at radius 1 is 1.47 bits per heavy atom. The first-order valence-electron chi connectivity index (χ1n) is 6.42. The van der Waals surface area contributed by atoms with Crippen LogP contribution in [0, 0.1) is 0 Å². The summed E-state index contributed by atoms with van der Waals surface area (Å²) < 4.78 is 10.4. The van der Waals surface area contributed by atoms with Crippen molar-refractivity contribution < 1.29 is 14.3 Å². The Morgan fingerprint density at radius 3 is 2.88 bits per heavy atom. The highest BCUT2D eigenvalue weighted by Gasteiger charge is 2.40. The van der Waals surface area contributed by atoms with Gasteiger partial charge in [0, 0.05) is 32.8 Å². The lowest BCUT2D eigenvalue weighted by Gasteiger charge is -2.46. The number of esters is 1. The smallest absolute Gasteiger partial charge is 0.324 e. The zero-order valence-electron chi connectivity index (χ0n) is 10.6. The van der Waals surface area contributed by atoms with Gasteiger partial charge in [0.2, 0.25) is 0 Å². The molecular formula is C12H22N2O3. The standard InChI is InChI=1S/C12H22N2O3/c1-3-17-12(15)11-8-13-4-5-14(11)9-6-10(7-9)16-2/h9-11,13H,3-8H2,1-2H3. The Morgan fingerprint density at radius 2 is 2.24 bits per heavy atom. The summed E-state index contributed by atoms with van der Waals surface area (Å²) in [7, 11) is 1.75. The second kappa shape index (κ2) is 5.80. The van der Waals surface area contributed by atoms with Gasteiger partial charge in [-0.25, -0.2) is 0 Å². The Hall–Kier alpha value is -0.650. The van der Waals surface area contributed by atoms with Crippen molar-refractivity contribution in [2.45, 2.75) is 38.0 Å². The van der Waals surface area contributed by atoms with Crippen LogP contribution >= 0.6 is 0 Å². The monoisotopic (exact) mass is 242 g/mol. The minimum atomic E-state index is -0.119. The molecule has 1 N–H and O–H groups in total. The number of nitrogens with one attached hydrogen (secondary N) is 1. The molecule has 0 aromatic carbocycles. The van der Waals surface area contributed by atoms with E-state index in [0.717, 1.165) is 25.9 Å². The van der Waals surface area contributed by atoms with Gasteiger partial charge in [0.25, 0.3) is 0 Å². The number of hydrogen-bond donors (Lipinski definition) is 1. The van der Waals surface area contributed by atoms with E-state index in [4.69, 9.17) is 9.47 Å². The van der Waals surface area contributed by atoms with E-state index in [-0.39, 0.29) is 12.0 Å². The molecule has 1 atom stereocenters. The van der Waals surface area contributed by atoms with Gasteiger partial charge in [-0.15, -0.1) is 0 Å². The summed E-state index contributed by atoms with van der Waals surface area (Å²) in [6.07, 6.45) is 2.44. The van der Waals surface area contributed by atoms with Crippen molar-refractivity contribution in [3.05, 3.63) is 0 Å². The predicted molar refractivity (Wildman–Crippen MR) is 63.8 cm³/mol. The molecule has 1 aliphatic carbocycles. The number of carbonyl (C=O) groups excluding carboxylic acids is 1. The van der Waals surface area contributed by atoms with E-state index in [1.165, 1.54) is 0 Å². The van der Waals surface area contributed by atoms with Crippen LogP contribution in [-0.2, 0) is 14.3 Å².